The van der Waals surface area contributed by atoms with Crippen molar-refractivity contribution in [2.45, 2.75) is 42.7 Å². The van der Waals surface area contributed by atoms with Gasteiger partial charge in [-0.1, -0.05) is 23.7 Å². The molecule has 0 unspecified atom stereocenters. The Morgan fingerprint density at radius 2 is 1.79 bits per heavy atom. The highest BCUT2D eigenvalue weighted by Gasteiger charge is 2.39. The average Bonchev–Trinajstić information content (AvgIpc) is 3.06. The van der Waals surface area contributed by atoms with E-state index in [1.165, 1.54) is 32.8 Å². The van der Waals surface area contributed by atoms with Gasteiger partial charge in [0, 0.05) is 53.2 Å². The Kier molecular flexibility index (Phi) is 10.5. The number of sulfonamides is 1. The van der Waals surface area contributed by atoms with E-state index in [-0.39, 0.29) is 23.6 Å². The molecule has 2 heterocycles. The van der Waals surface area contributed by atoms with Crippen molar-refractivity contribution in [3.63, 3.8) is 0 Å². The van der Waals surface area contributed by atoms with Crippen molar-refractivity contribution in [1.29, 1.82) is 0 Å². The minimum Gasteiger partial charge on any atom is -0.497 e. The van der Waals surface area contributed by atoms with Crippen LogP contribution in [-0.4, -0.2) is 70.2 Å². The Morgan fingerprint density at radius 1 is 1.02 bits per heavy atom. The van der Waals surface area contributed by atoms with Crippen LogP contribution in [-0.2, 0) is 23.0 Å². The van der Waals surface area contributed by atoms with Gasteiger partial charge in [-0.2, -0.15) is 0 Å². The molecule has 1 aromatic heterocycles. The van der Waals surface area contributed by atoms with Gasteiger partial charge in [0.2, 0.25) is 0 Å². The van der Waals surface area contributed by atoms with Crippen LogP contribution in [0.4, 0.5) is 20.3 Å². The summed E-state index contributed by atoms with van der Waals surface area (Å²) in [6.07, 6.45) is 5.80. The predicted molar refractivity (Wildman–Crippen MR) is 179 cm³/mol. The van der Waals surface area contributed by atoms with Crippen molar-refractivity contribution in [1.82, 2.24) is 14.9 Å². The van der Waals surface area contributed by atoms with Crippen molar-refractivity contribution in [2.24, 2.45) is 0 Å². The fourth-order valence-electron chi connectivity index (χ4n) is 6.14. The van der Waals surface area contributed by atoms with E-state index in [4.69, 9.17) is 21.1 Å². The highest BCUT2D eigenvalue weighted by Crippen LogP contribution is 2.37. The predicted octanol–water partition coefficient (Wildman–Crippen LogP) is 6.35. The molecule has 0 N–H and O–H groups in total. The quantitative estimate of drug-likeness (QED) is 0.171. The number of anilines is 2. The number of piperidine rings is 1. The number of nitrogens with zero attached hydrogens (tertiary/aromatic N) is 5. The van der Waals surface area contributed by atoms with Gasteiger partial charge in [-0.25, -0.2) is 31.5 Å². The zero-order valence-electron chi connectivity index (χ0n) is 26.8. The maximum Gasteiger partial charge on any atom is 0.271 e. The van der Waals surface area contributed by atoms with E-state index in [0.29, 0.717) is 35.2 Å². The van der Waals surface area contributed by atoms with E-state index in [2.05, 4.69) is 14.9 Å². The number of halogens is 3. The summed E-state index contributed by atoms with van der Waals surface area (Å²) in [5.74, 6) is -1.62. The van der Waals surface area contributed by atoms with Crippen molar-refractivity contribution in [3.05, 3.63) is 101 Å². The number of hydrogen-bond acceptors (Lipinski definition) is 8. The van der Waals surface area contributed by atoms with Gasteiger partial charge in [0.15, 0.2) is 4.90 Å². The molecule has 0 spiro atoms. The summed E-state index contributed by atoms with van der Waals surface area (Å²) >= 11 is 6.21. The van der Waals surface area contributed by atoms with Crippen LogP contribution in [0, 0.1) is 11.6 Å². The molecule has 4 aromatic rings. The van der Waals surface area contributed by atoms with Crippen molar-refractivity contribution in [3.8, 4) is 11.5 Å². The molecule has 5 rings (SSSR count). The molecule has 1 saturated heterocycles. The number of ether oxygens (including phenoxy) is 2. The van der Waals surface area contributed by atoms with Crippen LogP contribution < -0.4 is 18.7 Å². The van der Waals surface area contributed by atoms with E-state index in [0.717, 1.165) is 47.7 Å². The first kappa shape index (κ1) is 34.3. The van der Waals surface area contributed by atoms with Crippen LogP contribution in [0.3, 0.4) is 0 Å². The van der Waals surface area contributed by atoms with Gasteiger partial charge in [-0.05, 0) is 81.7 Å². The Bertz CT molecular complexity index is 1790. The summed E-state index contributed by atoms with van der Waals surface area (Å²) in [6, 6.07) is 16.2. The van der Waals surface area contributed by atoms with E-state index >= 15 is 8.78 Å². The third kappa shape index (κ3) is 7.45. The lowest BCUT2D eigenvalue weighted by Gasteiger charge is -2.48. The number of methoxy groups -OCH3 is 2. The van der Waals surface area contributed by atoms with Crippen molar-refractivity contribution in [2.75, 3.05) is 50.6 Å². The number of rotatable bonds is 12. The standard InChI is InChI=1S/C34H38ClF2N5O4S/c1-40(2)34(14-11-24-7-5-8-26(35)17-24)13-6-16-41(22-34)27-18-29(36)33(30(37)19-27)47(43,44)42(32-12-15-38-23-39-32)21-25-9-10-28(45-3)20-31(25)46-4/h5,7-10,12,15,17-20,23H,6,11,13-14,16,21-22H2,1-4H3/t34-/m0/s1. The number of aryl methyl sites for hydroxylation is 1. The number of benzene rings is 3. The van der Waals surface area contributed by atoms with Crippen LogP contribution in [0.25, 0.3) is 0 Å². The first-order valence-corrected chi connectivity index (χ1v) is 16.9. The normalized spacial score (nSPS) is 16.7. The Labute approximate surface area is 279 Å². The SMILES string of the molecule is COc1ccc(CN(c2ccncn2)S(=O)(=O)c2c(F)cc(N3CCC[C@@](CCc4cccc(Cl)c4)(N(C)C)C3)cc2F)c(OC)c1. The molecule has 0 amide bonds. The molecule has 0 radical (unpaired) electrons. The summed E-state index contributed by atoms with van der Waals surface area (Å²) < 4.78 is 71.8. The molecule has 47 heavy (non-hydrogen) atoms. The zero-order valence-corrected chi connectivity index (χ0v) is 28.4. The third-order valence-corrected chi connectivity index (χ3v) is 10.8. The summed E-state index contributed by atoms with van der Waals surface area (Å²) in [7, 11) is 2.14. The molecule has 1 fully saturated rings. The second kappa shape index (κ2) is 14.4. The van der Waals surface area contributed by atoms with E-state index in [9.17, 15) is 8.42 Å². The molecular weight excluding hydrogens is 648 g/mol. The van der Waals surface area contributed by atoms with E-state index in [1.54, 1.807) is 18.2 Å². The van der Waals surface area contributed by atoms with Gasteiger partial charge in [-0.15, -0.1) is 0 Å². The van der Waals surface area contributed by atoms with Crippen LogP contribution in [0.1, 0.15) is 30.4 Å². The summed E-state index contributed by atoms with van der Waals surface area (Å²) in [6.45, 7) is 0.759. The lowest BCUT2D eigenvalue weighted by molar-refractivity contribution is 0.116. The molecule has 1 aliphatic heterocycles. The van der Waals surface area contributed by atoms with Gasteiger partial charge in [-0.3, -0.25) is 0 Å². The van der Waals surface area contributed by atoms with Gasteiger partial charge >= 0.3 is 0 Å². The molecular formula is C34H38ClF2N5O4S. The lowest BCUT2D eigenvalue weighted by atomic mass is 9.82. The molecule has 0 saturated carbocycles. The topological polar surface area (TPSA) is 88.1 Å². The minimum atomic E-state index is -4.81. The Morgan fingerprint density at radius 3 is 2.43 bits per heavy atom. The molecule has 250 valence electrons. The molecule has 0 aliphatic carbocycles. The summed E-state index contributed by atoms with van der Waals surface area (Å²) in [5, 5.41) is 0.675. The van der Waals surface area contributed by atoms with E-state index < -0.39 is 26.6 Å². The molecule has 0 bridgehead atoms. The Balaban J connectivity index is 1.47. The molecule has 13 heteroatoms. The summed E-state index contributed by atoms with van der Waals surface area (Å²) in [4.78, 5) is 11.0. The van der Waals surface area contributed by atoms with Crippen molar-refractivity contribution < 1.29 is 26.7 Å². The fraction of sp³-hybridized carbons (Fsp3) is 0.353. The first-order chi connectivity index (χ1) is 22.5. The van der Waals surface area contributed by atoms with Gasteiger partial charge in [0.05, 0.1) is 20.8 Å². The number of aromatic nitrogens is 2. The third-order valence-electron chi connectivity index (χ3n) is 8.80. The maximum absolute atomic E-state index is 16.0. The monoisotopic (exact) mass is 685 g/mol. The molecule has 1 atom stereocenters. The van der Waals surface area contributed by atoms with Crippen molar-refractivity contribution >= 4 is 33.1 Å². The van der Waals surface area contributed by atoms with Gasteiger partial charge in [0.1, 0.15) is 35.3 Å². The van der Waals surface area contributed by atoms with Crippen LogP contribution in [0.2, 0.25) is 5.02 Å². The lowest BCUT2D eigenvalue weighted by Crippen LogP contribution is -2.56. The zero-order chi connectivity index (χ0) is 33.8. The smallest absolute Gasteiger partial charge is 0.271 e. The maximum atomic E-state index is 16.0. The Hall–Kier alpha value is -4.00. The number of likely N-dealkylation sites (N-methyl/N-ethyl adjacent to an activating group) is 1. The average molecular weight is 686 g/mol. The summed E-state index contributed by atoms with van der Waals surface area (Å²) in [5.41, 5.74) is 1.54. The van der Waals surface area contributed by atoms with E-state index in [1.807, 2.05) is 43.3 Å². The number of hydrogen-bond donors (Lipinski definition) is 0. The highest BCUT2D eigenvalue weighted by atomic mass is 35.5. The van der Waals surface area contributed by atoms with Crippen LogP contribution in [0.5, 0.6) is 11.5 Å². The fourth-order valence-corrected chi connectivity index (χ4v) is 7.85. The van der Waals surface area contributed by atoms with Crippen LogP contribution in [0.15, 0.2) is 78.1 Å². The second-order valence-corrected chi connectivity index (χ2v) is 14.0. The van der Waals surface area contributed by atoms with Gasteiger partial charge < -0.3 is 19.3 Å². The second-order valence-electron chi connectivity index (χ2n) is 11.8. The van der Waals surface area contributed by atoms with Gasteiger partial charge in [0.25, 0.3) is 10.0 Å². The molecule has 3 aromatic carbocycles. The molecule has 9 nitrogen and oxygen atoms in total. The highest BCUT2D eigenvalue weighted by molar-refractivity contribution is 7.92. The largest absolute Gasteiger partial charge is 0.497 e. The van der Waals surface area contributed by atoms with Crippen LogP contribution >= 0.6 is 11.6 Å². The molecule has 1 aliphatic rings. The minimum absolute atomic E-state index is 0.0627. The first-order valence-electron chi connectivity index (χ1n) is 15.1.